The second-order valence-electron chi connectivity index (χ2n) is 4.29. The van der Waals surface area contributed by atoms with Crippen LogP contribution in [0.2, 0.25) is 0 Å². The van der Waals surface area contributed by atoms with Gasteiger partial charge in [0, 0.05) is 32.0 Å². The molecular formula is C11H21IN4O3S. The Morgan fingerprint density at radius 2 is 2.00 bits per heavy atom. The zero-order chi connectivity index (χ0) is 14.5. The molecule has 1 aromatic rings. The van der Waals surface area contributed by atoms with E-state index in [2.05, 4.69) is 20.8 Å². The molecule has 0 aliphatic carbocycles. The average Bonchev–Trinajstić information content (AvgIpc) is 2.62. The van der Waals surface area contributed by atoms with Crippen molar-refractivity contribution in [1.29, 1.82) is 0 Å². The predicted octanol–water partition coefficient (Wildman–Crippen LogP) is 0.619. The Kier molecular flexibility index (Phi) is 8.09. The largest absolute Gasteiger partial charge is 0.361 e. The fraction of sp³-hybridized carbons (Fsp3) is 0.636. The Hall–Kier alpha value is -0.840. The van der Waals surface area contributed by atoms with Gasteiger partial charge in [0.1, 0.15) is 15.6 Å². The summed E-state index contributed by atoms with van der Waals surface area (Å²) >= 11 is 0. The highest BCUT2D eigenvalue weighted by molar-refractivity contribution is 14.0. The number of aliphatic imine (C=N–C) groups is 1. The van der Waals surface area contributed by atoms with Crippen molar-refractivity contribution in [2.45, 2.75) is 20.4 Å². The minimum absolute atomic E-state index is 0. The van der Waals surface area contributed by atoms with Crippen LogP contribution in [0.15, 0.2) is 9.52 Å². The molecule has 9 heteroatoms. The monoisotopic (exact) mass is 416 g/mol. The molecule has 1 aromatic heterocycles. The van der Waals surface area contributed by atoms with Crippen LogP contribution in [0.3, 0.4) is 0 Å². The number of aryl methyl sites for hydroxylation is 2. The van der Waals surface area contributed by atoms with Crippen molar-refractivity contribution in [3.63, 3.8) is 0 Å². The molecule has 0 bridgehead atoms. The summed E-state index contributed by atoms with van der Waals surface area (Å²) in [6, 6.07) is 0. The smallest absolute Gasteiger partial charge is 0.191 e. The second-order valence-corrected chi connectivity index (χ2v) is 6.54. The topological polar surface area (TPSA) is 96.6 Å². The molecule has 0 aliphatic rings. The summed E-state index contributed by atoms with van der Waals surface area (Å²) in [6.07, 6.45) is 1.20. The summed E-state index contributed by atoms with van der Waals surface area (Å²) in [5.74, 6) is 1.37. The standard InChI is InChI=1S/C11H20N4O3S.HI/c1-8-10(9(2)18-15-8)7-14-11(12-3)13-5-6-19(4,16)17;/h5-7H2,1-4H3,(H2,12,13,14);1H. The number of nitrogens with one attached hydrogen (secondary N) is 2. The van der Waals surface area contributed by atoms with Crippen LogP contribution in [-0.2, 0) is 16.4 Å². The fourth-order valence-corrected chi connectivity index (χ4v) is 1.97. The fourth-order valence-electron chi connectivity index (χ4n) is 1.50. The van der Waals surface area contributed by atoms with Gasteiger partial charge in [-0.3, -0.25) is 4.99 Å². The van der Waals surface area contributed by atoms with Crippen molar-refractivity contribution in [3.05, 3.63) is 17.0 Å². The number of hydrogen-bond acceptors (Lipinski definition) is 5. The van der Waals surface area contributed by atoms with Gasteiger partial charge >= 0.3 is 0 Å². The van der Waals surface area contributed by atoms with Gasteiger partial charge in [-0.05, 0) is 13.8 Å². The van der Waals surface area contributed by atoms with Crippen LogP contribution in [-0.4, -0.2) is 45.1 Å². The van der Waals surface area contributed by atoms with Crippen molar-refractivity contribution in [1.82, 2.24) is 15.8 Å². The molecular weight excluding hydrogens is 395 g/mol. The van der Waals surface area contributed by atoms with Crippen LogP contribution in [0.1, 0.15) is 17.0 Å². The maximum Gasteiger partial charge on any atom is 0.191 e. The van der Waals surface area contributed by atoms with Gasteiger partial charge < -0.3 is 15.2 Å². The van der Waals surface area contributed by atoms with Crippen molar-refractivity contribution >= 4 is 39.8 Å². The number of nitrogens with zero attached hydrogens (tertiary/aromatic N) is 2. The van der Waals surface area contributed by atoms with E-state index in [1.54, 1.807) is 7.05 Å². The molecule has 0 atom stereocenters. The number of aromatic nitrogens is 1. The van der Waals surface area contributed by atoms with Crippen LogP contribution < -0.4 is 10.6 Å². The zero-order valence-corrected chi connectivity index (χ0v) is 15.2. The number of guanidine groups is 1. The molecule has 20 heavy (non-hydrogen) atoms. The molecule has 0 fully saturated rings. The zero-order valence-electron chi connectivity index (χ0n) is 12.1. The molecule has 1 heterocycles. The average molecular weight is 416 g/mol. The van der Waals surface area contributed by atoms with Crippen molar-refractivity contribution in [2.24, 2.45) is 4.99 Å². The minimum Gasteiger partial charge on any atom is -0.361 e. The first kappa shape index (κ1) is 19.2. The lowest BCUT2D eigenvalue weighted by Gasteiger charge is -2.11. The lowest BCUT2D eigenvalue weighted by molar-refractivity contribution is 0.392. The van der Waals surface area contributed by atoms with Gasteiger partial charge in [-0.15, -0.1) is 24.0 Å². The van der Waals surface area contributed by atoms with Crippen LogP contribution >= 0.6 is 24.0 Å². The van der Waals surface area contributed by atoms with Crippen molar-refractivity contribution < 1.29 is 12.9 Å². The molecule has 1 rings (SSSR count). The minimum atomic E-state index is -2.97. The molecule has 0 aromatic carbocycles. The van der Waals surface area contributed by atoms with E-state index in [0.717, 1.165) is 17.0 Å². The van der Waals surface area contributed by atoms with Crippen LogP contribution in [0.5, 0.6) is 0 Å². The second kappa shape index (κ2) is 8.45. The van der Waals surface area contributed by atoms with E-state index >= 15 is 0 Å². The Bertz CT molecular complexity index is 535. The Morgan fingerprint density at radius 3 is 2.45 bits per heavy atom. The highest BCUT2D eigenvalue weighted by Crippen LogP contribution is 2.11. The molecule has 0 amide bonds. The van der Waals surface area contributed by atoms with Gasteiger partial charge in [-0.25, -0.2) is 8.42 Å². The highest BCUT2D eigenvalue weighted by atomic mass is 127. The van der Waals surface area contributed by atoms with Crippen molar-refractivity contribution in [2.75, 3.05) is 25.6 Å². The molecule has 0 saturated heterocycles. The number of rotatable bonds is 5. The molecule has 0 spiro atoms. The lowest BCUT2D eigenvalue weighted by atomic mass is 10.2. The van der Waals surface area contributed by atoms with Crippen LogP contribution in [0, 0.1) is 13.8 Å². The van der Waals surface area contributed by atoms with Gasteiger partial charge in [-0.1, -0.05) is 5.16 Å². The molecule has 7 nitrogen and oxygen atoms in total. The molecule has 0 unspecified atom stereocenters. The van der Waals surface area contributed by atoms with Crippen LogP contribution in [0.25, 0.3) is 0 Å². The van der Waals surface area contributed by atoms with E-state index in [1.807, 2.05) is 13.8 Å². The van der Waals surface area contributed by atoms with E-state index in [-0.39, 0.29) is 29.7 Å². The number of sulfone groups is 1. The molecule has 116 valence electrons. The summed E-state index contributed by atoms with van der Waals surface area (Å²) in [5.41, 5.74) is 1.81. The quantitative estimate of drug-likeness (QED) is 0.415. The first-order valence-electron chi connectivity index (χ1n) is 5.87. The normalized spacial score (nSPS) is 11.9. The van der Waals surface area contributed by atoms with Gasteiger partial charge in [0.05, 0.1) is 11.4 Å². The molecule has 0 saturated carbocycles. The predicted molar refractivity (Wildman–Crippen MR) is 89.3 cm³/mol. The molecule has 0 aliphatic heterocycles. The van der Waals surface area contributed by atoms with Gasteiger partial charge in [0.2, 0.25) is 0 Å². The summed E-state index contributed by atoms with van der Waals surface area (Å²) in [5, 5.41) is 9.88. The van der Waals surface area contributed by atoms with Gasteiger partial charge in [0.25, 0.3) is 0 Å². The first-order chi connectivity index (χ1) is 8.83. The van der Waals surface area contributed by atoms with E-state index < -0.39 is 9.84 Å². The summed E-state index contributed by atoms with van der Waals surface area (Å²) in [7, 11) is -1.34. The Morgan fingerprint density at radius 1 is 1.35 bits per heavy atom. The SMILES string of the molecule is CN=C(NCCS(C)(=O)=O)NCc1c(C)noc1C.I. The number of halogens is 1. The summed E-state index contributed by atoms with van der Waals surface area (Å²) in [6.45, 7) is 4.56. The van der Waals surface area contributed by atoms with Crippen LogP contribution in [0.4, 0.5) is 0 Å². The van der Waals surface area contributed by atoms with E-state index in [0.29, 0.717) is 19.0 Å². The third kappa shape index (κ3) is 6.55. The third-order valence-corrected chi connectivity index (χ3v) is 3.55. The summed E-state index contributed by atoms with van der Waals surface area (Å²) in [4.78, 5) is 4.01. The number of hydrogen-bond donors (Lipinski definition) is 2. The third-order valence-electron chi connectivity index (χ3n) is 2.60. The summed E-state index contributed by atoms with van der Waals surface area (Å²) < 4.78 is 27.1. The lowest BCUT2D eigenvalue weighted by Crippen LogP contribution is -2.39. The maximum atomic E-state index is 11.0. The van der Waals surface area contributed by atoms with E-state index in [9.17, 15) is 8.42 Å². The highest BCUT2D eigenvalue weighted by Gasteiger charge is 2.09. The molecule has 2 N–H and O–H groups in total. The van der Waals surface area contributed by atoms with Gasteiger partial charge in [-0.2, -0.15) is 0 Å². The van der Waals surface area contributed by atoms with Crippen molar-refractivity contribution in [3.8, 4) is 0 Å². The van der Waals surface area contributed by atoms with E-state index in [4.69, 9.17) is 4.52 Å². The maximum absolute atomic E-state index is 11.0. The molecule has 0 radical (unpaired) electrons. The Balaban J connectivity index is 0.00000361. The van der Waals surface area contributed by atoms with E-state index in [1.165, 1.54) is 6.26 Å². The van der Waals surface area contributed by atoms with Gasteiger partial charge in [0.15, 0.2) is 5.96 Å². The Labute approximate surface area is 136 Å². The first-order valence-corrected chi connectivity index (χ1v) is 7.93.